The highest BCUT2D eigenvalue weighted by molar-refractivity contribution is 5.90. The zero-order valence-corrected chi connectivity index (χ0v) is 22.8. The van der Waals surface area contributed by atoms with Gasteiger partial charge in [0.25, 0.3) is 5.56 Å². The van der Waals surface area contributed by atoms with E-state index in [1.54, 1.807) is 10.6 Å². The summed E-state index contributed by atoms with van der Waals surface area (Å²) < 4.78 is 14.0. The zero-order valence-electron chi connectivity index (χ0n) is 22.8. The lowest BCUT2D eigenvalue weighted by Crippen LogP contribution is -2.41. The normalized spacial score (nSPS) is 13.0. The van der Waals surface area contributed by atoms with Crippen LogP contribution in [0.4, 0.5) is 4.79 Å². The van der Waals surface area contributed by atoms with Crippen molar-refractivity contribution in [3.05, 3.63) is 34.2 Å². The molecule has 35 heavy (non-hydrogen) atoms. The molecule has 7 heteroatoms. The fourth-order valence-corrected chi connectivity index (χ4v) is 4.04. The second-order valence-corrected chi connectivity index (χ2v) is 11.5. The van der Waals surface area contributed by atoms with Crippen LogP contribution in [0.25, 0.3) is 10.8 Å². The van der Waals surface area contributed by atoms with Crippen molar-refractivity contribution in [2.45, 2.75) is 93.7 Å². The molecule has 2 aromatic rings. The molecule has 0 spiro atoms. The number of nitrogens with one attached hydrogen (secondary N) is 1. The van der Waals surface area contributed by atoms with Crippen molar-refractivity contribution in [3.63, 3.8) is 0 Å². The second kappa shape index (κ2) is 11.8. The molecule has 1 aromatic carbocycles. The Bertz CT molecular complexity index is 1060. The summed E-state index contributed by atoms with van der Waals surface area (Å²) in [6.07, 6.45) is 2.63. The van der Waals surface area contributed by atoms with Gasteiger partial charge in [0, 0.05) is 11.9 Å². The molecule has 0 radical (unpaired) electrons. The molecule has 2 rings (SSSR count). The lowest BCUT2D eigenvalue weighted by Gasteiger charge is -2.35. The molecule has 1 atom stereocenters. The lowest BCUT2D eigenvalue weighted by molar-refractivity contribution is 0.169. The van der Waals surface area contributed by atoms with Gasteiger partial charge < -0.3 is 24.5 Å². The summed E-state index contributed by atoms with van der Waals surface area (Å²) in [5, 5.41) is 13.6. The summed E-state index contributed by atoms with van der Waals surface area (Å²) in [6.45, 7) is 17.7. The second-order valence-electron chi connectivity index (χ2n) is 11.5. The van der Waals surface area contributed by atoms with Gasteiger partial charge in [0.05, 0.1) is 30.3 Å². The standard InChI is InChI=1S/C28H44N2O5/c1-9-11-15-34-19-13-14-20-21(17-19)25(31)30(18-27(3,4)5)22(23(20)35-16-12-10-2)24(28(6,7)8)29-26(32)33/h13-14,17,24,29H,9-12,15-16,18H2,1-8H3,(H,32,33). The molecule has 0 fully saturated rings. The van der Waals surface area contributed by atoms with Crippen LogP contribution in [-0.4, -0.2) is 29.0 Å². The Morgan fingerprint density at radius 3 is 2.11 bits per heavy atom. The van der Waals surface area contributed by atoms with E-state index < -0.39 is 17.6 Å². The van der Waals surface area contributed by atoms with Gasteiger partial charge in [-0.25, -0.2) is 4.79 Å². The van der Waals surface area contributed by atoms with E-state index in [1.807, 2.05) is 32.9 Å². The predicted molar refractivity (Wildman–Crippen MR) is 142 cm³/mol. The maximum Gasteiger partial charge on any atom is 0.405 e. The van der Waals surface area contributed by atoms with Gasteiger partial charge in [-0.3, -0.25) is 4.79 Å². The van der Waals surface area contributed by atoms with Crippen LogP contribution in [0.15, 0.2) is 23.0 Å². The minimum Gasteiger partial charge on any atom is -0.494 e. The molecule has 7 nitrogen and oxygen atoms in total. The Labute approximate surface area is 209 Å². The third kappa shape index (κ3) is 7.64. The molecular weight excluding hydrogens is 444 g/mol. The molecule has 0 saturated carbocycles. The number of ether oxygens (including phenoxy) is 2. The number of fused-ring (bicyclic) bond motifs is 1. The summed E-state index contributed by atoms with van der Waals surface area (Å²) in [7, 11) is 0. The van der Waals surface area contributed by atoms with Crippen LogP contribution in [0.1, 0.15) is 92.8 Å². The molecule has 0 aliphatic carbocycles. The number of hydrogen-bond acceptors (Lipinski definition) is 4. The van der Waals surface area contributed by atoms with Crippen molar-refractivity contribution < 1.29 is 19.4 Å². The van der Waals surface area contributed by atoms with E-state index in [1.165, 1.54) is 0 Å². The molecule has 0 aliphatic heterocycles. The Kier molecular flexibility index (Phi) is 9.64. The number of amides is 1. The number of unbranched alkanes of at least 4 members (excludes halogenated alkanes) is 2. The monoisotopic (exact) mass is 488 g/mol. The van der Waals surface area contributed by atoms with Crippen molar-refractivity contribution >= 4 is 16.9 Å². The van der Waals surface area contributed by atoms with Gasteiger partial charge >= 0.3 is 6.09 Å². The summed E-state index contributed by atoms with van der Waals surface area (Å²) in [5.74, 6) is 1.21. The number of rotatable bonds is 11. The Balaban J connectivity index is 2.92. The van der Waals surface area contributed by atoms with Crippen LogP contribution in [0, 0.1) is 10.8 Å². The van der Waals surface area contributed by atoms with Gasteiger partial charge in [-0.1, -0.05) is 68.2 Å². The first-order valence-electron chi connectivity index (χ1n) is 12.8. The Hall–Kier alpha value is -2.70. The van der Waals surface area contributed by atoms with Gasteiger partial charge in [0.15, 0.2) is 0 Å². The highest BCUT2D eigenvalue weighted by Gasteiger charge is 2.35. The largest absolute Gasteiger partial charge is 0.494 e. The van der Waals surface area contributed by atoms with E-state index in [0.717, 1.165) is 25.7 Å². The molecule has 196 valence electrons. The van der Waals surface area contributed by atoms with E-state index in [0.29, 0.717) is 47.7 Å². The molecule has 1 aromatic heterocycles. The average Bonchev–Trinajstić information content (AvgIpc) is 2.74. The Morgan fingerprint density at radius 1 is 1.00 bits per heavy atom. The first-order chi connectivity index (χ1) is 16.3. The summed E-state index contributed by atoms with van der Waals surface area (Å²) in [6, 6.07) is 4.86. The maximum absolute atomic E-state index is 14.0. The zero-order chi connectivity index (χ0) is 26.4. The van der Waals surface area contributed by atoms with Crippen molar-refractivity contribution in [2.75, 3.05) is 13.2 Å². The molecule has 0 saturated heterocycles. The van der Waals surface area contributed by atoms with Crippen LogP contribution >= 0.6 is 0 Å². The SMILES string of the molecule is CCCCOc1ccc2c(OCCCC)c(C(NC(=O)O)C(C)(C)C)n(CC(C)(C)C)c(=O)c2c1. The minimum atomic E-state index is -1.14. The van der Waals surface area contributed by atoms with Crippen molar-refractivity contribution in [1.29, 1.82) is 0 Å². The van der Waals surface area contributed by atoms with Gasteiger partial charge in [-0.05, 0) is 41.9 Å². The number of benzene rings is 1. The molecule has 2 N–H and O–H groups in total. The highest BCUT2D eigenvalue weighted by atomic mass is 16.5. The molecular formula is C28H44N2O5. The topological polar surface area (TPSA) is 89.8 Å². The fourth-order valence-electron chi connectivity index (χ4n) is 4.04. The summed E-state index contributed by atoms with van der Waals surface area (Å²) in [4.78, 5) is 25.8. The molecule has 1 heterocycles. The number of nitrogens with zero attached hydrogens (tertiary/aromatic N) is 1. The van der Waals surface area contributed by atoms with Gasteiger partial charge in [0.1, 0.15) is 11.5 Å². The van der Waals surface area contributed by atoms with E-state index in [2.05, 4.69) is 39.9 Å². The van der Waals surface area contributed by atoms with Gasteiger partial charge in [0.2, 0.25) is 0 Å². The average molecular weight is 489 g/mol. The maximum atomic E-state index is 14.0. The summed E-state index contributed by atoms with van der Waals surface area (Å²) in [5.41, 5.74) is -0.337. The smallest absolute Gasteiger partial charge is 0.405 e. The predicted octanol–water partition coefficient (Wildman–Crippen LogP) is 6.76. The lowest BCUT2D eigenvalue weighted by atomic mass is 9.83. The van der Waals surface area contributed by atoms with Gasteiger partial charge in [-0.2, -0.15) is 0 Å². The van der Waals surface area contributed by atoms with E-state index in [4.69, 9.17) is 9.47 Å². The number of carbonyl (C=O) groups is 1. The number of aromatic nitrogens is 1. The van der Waals surface area contributed by atoms with Crippen molar-refractivity contribution in [1.82, 2.24) is 9.88 Å². The third-order valence-electron chi connectivity index (χ3n) is 5.79. The van der Waals surface area contributed by atoms with E-state index >= 15 is 0 Å². The molecule has 1 amide bonds. The number of pyridine rings is 1. The molecule has 1 unspecified atom stereocenters. The fraction of sp³-hybridized carbons (Fsp3) is 0.643. The first-order valence-corrected chi connectivity index (χ1v) is 12.8. The summed E-state index contributed by atoms with van der Waals surface area (Å²) >= 11 is 0. The quantitative estimate of drug-likeness (QED) is 0.341. The van der Waals surface area contributed by atoms with Gasteiger partial charge in [-0.15, -0.1) is 0 Å². The van der Waals surface area contributed by atoms with Crippen LogP contribution in [0.3, 0.4) is 0 Å². The first kappa shape index (κ1) is 28.5. The number of hydrogen-bond donors (Lipinski definition) is 2. The minimum absolute atomic E-state index is 0.171. The van der Waals surface area contributed by atoms with Crippen molar-refractivity contribution in [3.8, 4) is 11.5 Å². The molecule has 0 aliphatic rings. The van der Waals surface area contributed by atoms with Crippen molar-refractivity contribution in [2.24, 2.45) is 10.8 Å². The van der Waals surface area contributed by atoms with Crippen LogP contribution in [0.2, 0.25) is 0 Å². The third-order valence-corrected chi connectivity index (χ3v) is 5.79. The highest BCUT2D eigenvalue weighted by Crippen LogP contribution is 2.41. The van der Waals surface area contributed by atoms with Crippen LogP contribution in [-0.2, 0) is 6.54 Å². The van der Waals surface area contributed by atoms with Crippen LogP contribution < -0.4 is 20.3 Å². The number of carboxylic acid groups (broad SMARTS) is 1. The Morgan fingerprint density at radius 2 is 1.60 bits per heavy atom. The molecule has 0 bridgehead atoms. The van der Waals surface area contributed by atoms with E-state index in [9.17, 15) is 14.7 Å². The van der Waals surface area contributed by atoms with E-state index in [-0.39, 0.29) is 11.0 Å². The van der Waals surface area contributed by atoms with Crippen LogP contribution in [0.5, 0.6) is 11.5 Å².